The molecule has 1 fully saturated rings. The van der Waals surface area contributed by atoms with E-state index in [4.69, 9.17) is 9.66 Å². The number of rotatable bonds is 4. The van der Waals surface area contributed by atoms with Crippen LogP contribution in [0.4, 0.5) is 5.69 Å². The van der Waals surface area contributed by atoms with E-state index in [2.05, 4.69) is 10.2 Å². The van der Waals surface area contributed by atoms with Crippen molar-refractivity contribution < 1.29 is 28.0 Å². The van der Waals surface area contributed by atoms with Gasteiger partial charge in [-0.15, -0.1) is 0 Å². The Labute approximate surface area is 127 Å². The van der Waals surface area contributed by atoms with Crippen LogP contribution < -0.4 is 0 Å². The molecule has 1 aromatic rings. The fourth-order valence-corrected chi connectivity index (χ4v) is 2.82. The van der Waals surface area contributed by atoms with Crippen LogP contribution in [-0.2, 0) is 14.9 Å². The van der Waals surface area contributed by atoms with Crippen LogP contribution in [0.15, 0.2) is 39.4 Å². The molecule has 3 atom stereocenters. The summed E-state index contributed by atoms with van der Waals surface area (Å²) in [7, 11) is -4.24. The van der Waals surface area contributed by atoms with Crippen molar-refractivity contribution in [1.82, 2.24) is 0 Å². The van der Waals surface area contributed by atoms with Gasteiger partial charge in [-0.3, -0.25) is 9.35 Å². The van der Waals surface area contributed by atoms with Gasteiger partial charge in [0, 0.05) is 0 Å². The number of benzene rings is 1. The van der Waals surface area contributed by atoms with Gasteiger partial charge in [-0.2, -0.15) is 18.6 Å². The van der Waals surface area contributed by atoms with Crippen LogP contribution in [0.1, 0.15) is 19.3 Å². The number of aliphatic carboxylic acids is 1. The van der Waals surface area contributed by atoms with E-state index in [1.54, 1.807) is 0 Å². The molecule has 0 heterocycles. The maximum absolute atomic E-state index is 11.0. The highest BCUT2D eigenvalue weighted by Crippen LogP contribution is 2.28. The molecule has 1 aliphatic rings. The van der Waals surface area contributed by atoms with Crippen LogP contribution in [0.5, 0.6) is 0 Å². The molecule has 1 saturated carbocycles. The van der Waals surface area contributed by atoms with Crippen LogP contribution in [0.25, 0.3) is 0 Å². The third-order valence-electron chi connectivity index (χ3n) is 3.57. The molecule has 0 amide bonds. The largest absolute Gasteiger partial charge is 0.481 e. The van der Waals surface area contributed by atoms with Crippen LogP contribution in [0.3, 0.4) is 0 Å². The number of hydrogen-bond donors (Lipinski definition) is 3. The quantitative estimate of drug-likeness (QED) is 0.567. The predicted octanol–water partition coefficient (Wildman–Crippen LogP) is 1.63. The molecule has 3 N–H and O–H groups in total. The summed E-state index contributed by atoms with van der Waals surface area (Å²) in [5.74, 6) is -1.90. The topological polar surface area (TPSA) is 137 Å². The summed E-state index contributed by atoms with van der Waals surface area (Å²) in [6.45, 7) is 0. The molecule has 1 aromatic carbocycles. The fourth-order valence-electron chi connectivity index (χ4n) is 2.34. The number of carboxylic acids is 1. The summed E-state index contributed by atoms with van der Waals surface area (Å²) in [5.41, 5.74) is 0.394. The van der Waals surface area contributed by atoms with Gasteiger partial charge in [-0.05, 0) is 43.5 Å². The molecule has 0 aliphatic heterocycles. The van der Waals surface area contributed by atoms with Crippen molar-refractivity contribution in [1.29, 1.82) is 0 Å². The number of azo groups is 1. The molecule has 9 heteroatoms. The van der Waals surface area contributed by atoms with Gasteiger partial charge in [-0.1, -0.05) is 0 Å². The maximum Gasteiger partial charge on any atom is 0.309 e. The summed E-state index contributed by atoms with van der Waals surface area (Å²) in [4.78, 5) is 10.8. The molecule has 22 heavy (non-hydrogen) atoms. The van der Waals surface area contributed by atoms with Crippen molar-refractivity contribution in [2.24, 2.45) is 16.1 Å². The second-order valence-electron chi connectivity index (χ2n) is 5.16. The maximum atomic E-state index is 11.0. The molecule has 120 valence electrons. The van der Waals surface area contributed by atoms with E-state index in [1.165, 1.54) is 24.3 Å². The van der Waals surface area contributed by atoms with Gasteiger partial charge in [0.2, 0.25) is 0 Å². The van der Waals surface area contributed by atoms with E-state index in [0.717, 1.165) is 0 Å². The molecule has 1 aliphatic carbocycles. The predicted molar refractivity (Wildman–Crippen MR) is 75.5 cm³/mol. The Hall–Kier alpha value is -1.84. The second kappa shape index (κ2) is 6.51. The van der Waals surface area contributed by atoms with Crippen LogP contribution >= 0.6 is 0 Å². The molecule has 0 radical (unpaired) electrons. The summed E-state index contributed by atoms with van der Waals surface area (Å²) in [6, 6.07) is 4.88. The molecular weight excluding hydrogens is 312 g/mol. The first-order valence-corrected chi connectivity index (χ1v) is 8.10. The third-order valence-corrected chi connectivity index (χ3v) is 4.44. The van der Waals surface area contributed by atoms with Crippen LogP contribution in [0.2, 0.25) is 0 Å². The minimum Gasteiger partial charge on any atom is -0.481 e. The zero-order valence-corrected chi connectivity index (χ0v) is 12.3. The van der Waals surface area contributed by atoms with E-state index in [1.807, 2.05) is 0 Å². The van der Waals surface area contributed by atoms with E-state index in [-0.39, 0.29) is 17.4 Å². The normalized spacial score (nSPS) is 26.2. The zero-order chi connectivity index (χ0) is 16.3. The average Bonchev–Trinajstić information content (AvgIpc) is 2.45. The molecule has 3 unspecified atom stereocenters. The molecular formula is C13H16N2O6S. The number of nitrogens with zero attached hydrogens (tertiary/aromatic N) is 2. The summed E-state index contributed by atoms with van der Waals surface area (Å²) in [6.07, 6.45) is 0.237. The van der Waals surface area contributed by atoms with Crippen molar-refractivity contribution in [3.8, 4) is 0 Å². The van der Waals surface area contributed by atoms with Crippen molar-refractivity contribution >= 4 is 21.8 Å². The Morgan fingerprint density at radius 3 is 2.36 bits per heavy atom. The molecule has 8 nitrogen and oxygen atoms in total. The van der Waals surface area contributed by atoms with Crippen LogP contribution in [-0.4, -0.2) is 41.3 Å². The Bertz CT molecular complexity index is 670. The van der Waals surface area contributed by atoms with Crippen LogP contribution in [0, 0.1) is 5.92 Å². The number of carbonyl (C=O) groups is 1. The molecule has 0 aromatic heterocycles. The van der Waals surface area contributed by atoms with Gasteiger partial charge in [-0.25, -0.2) is 0 Å². The molecule has 0 saturated heterocycles. The lowest BCUT2D eigenvalue weighted by Gasteiger charge is -2.27. The lowest BCUT2D eigenvalue weighted by molar-refractivity contribution is -0.147. The van der Waals surface area contributed by atoms with Gasteiger partial charge in [0.05, 0.1) is 28.6 Å². The highest BCUT2D eigenvalue weighted by Gasteiger charge is 2.34. The van der Waals surface area contributed by atoms with Gasteiger partial charge < -0.3 is 10.2 Å². The standard InChI is InChI=1S/C13H16N2O6S/c16-12-6-3-9(7-11(12)13(17)18)15-14-8-1-4-10(5-2-8)22(19,20)21/h1-2,4-5,9,11-12,16H,3,6-7H2,(H,17,18)(H,19,20,21). The molecule has 0 bridgehead atoms. The number of aliphatic hydroxyl groups is 1. The highest BCUT2D eigenvalue weighted by molar-refractivity contribution is 7.85. The molecule has 0 spiro atoms. The first-order chi connectivity index (χ1) is 10.3. The lowest BCUT2D eigenvalue weighted by Crippen LogP contribution is -2.36. The van der Waals surface area contributed by atoms with Gasteiger partial charge in [0.15, 0.2) is 0 Å². The number of aliphatic hydroxyl groups excluding tert-OH is 1. The van der Waals surface area contributed by atoms with Crippen molar-refractivity contribution in [2.75, 3.05) is 0 Å². The summed E-state index contributed by atoms with van der Waals surface area (Å²) < 4.78 is 30.7. The zero-order valence-electron chi connectivity index (χ0n) is 11.5. The fraction of sp³-hybridized carbons (Fsp3) is 0.462. The Balaban J connectivity index is 2.04. The monoisotopic (exact) mass is 328 g/mol. The van der Waals surface area contributed by atoms with Crippen molar-refractivity contribution in [2.45, 2.75) is 36.3 Å². The van der Waals surface area contributed by atoms with E-state index in [9.17, 15) is 18.3 Å². The minimum absolute atomic E-state index is 0.211. The Morgan fingerprint density at radius 2 is 1.82 bits per heavy atom. The minimum atomic E-state index is -4.24. The second-order valence-corrected chi connectivity index (χ2v) is 6.58. The Kier molecular flexibility index (Phi) is 4.89. The average molecular weight is 328 g/mol. The Morgan fingerprint density at radius 1 is 1.18 bits per heavy atom. The van der Waals surface area contributed by atoms with E-state index >= 15 is 0 Å². The van der Waals surface area contributed by atoms with E-state index in [0.29, 0.717) is 18.5 Å². The van der Waals surface area contributed by atoms with Gasteiger partial charge in [0.25, 0.3) is 10.1 Å². The van der Waals surface area contributed by atoms with Crippen molar-refractivity contribution in [3.63, 3.8) is 0 Å². The lowest BCUT2D eigenvalue weighted by atomic mass is 9.84. The van der Waals surface area contributed by atoms with Crippen molar-refractivity contribution in [3.05, 3.63) is 24.3 Å². The third kappa shape index (κ3) is 4.09. The summed E-state index contributed by atoms with van der Waals surface area (Å²) in [5, 5.41) is 26.6. The number of hydrogen-bond acceptors (Lipinski definition) is 6. The molecule has 2 rings (SSSR count). The van der Waals surface area contributed by atoms with Gasteiger partial charge in [0.1, 0.15) is 0 Å². The highest BCUT2D eigenvalue weighted by atomic mass is 32.2. The first kappa shape index (κ1) is 16.5. The van der Waals surface area contributed by atoms with Gasteiger partial charge >= 0.3 is 5.97 Å². The number of carboxylic acid groups (broad SMARTS) is 1. The smallest absolute Gasteiger partial charge is 0.309 e. The summed E-state index contributed by atoms with van der Waals surface area (Å²) >= 11 is 0. The van der Waals surface area contributed by atoms with E-state index < -0.39 is 28.1 Å². The SMILES string of the molecule is O=C(O)C1CC(N=Nc2ccc(S(=O)(=O)O)cc2)CCC1O. The first-order valence-electron chi connectivity index (χ1n) is 6.66.